The van der Waals surface area contributed by atoms with Crippen LogP contribution in [0.4, 0.5) is 17.3 Å². The molecule has 212 valence electrons. The Morgan fingerprint density at radius 2 is 1.64 bits per heavy atom. The number of hydrogen-bond acceptors (Lipinski definition) is 8. The molecule has 5 aromatic rings. The second kappa shape index (κ2) is 13.2. The number of hydrazone groups is 1. The number of amides is 1. The van der Waals surface area contributed by atoms with Gasteiger partial charge in [-0.1, -0.05) is 66.7 Å². The molecule has 0 radical (unpaired) electrons. The molecule has 0 fully saturated rings. The molecule has 10 heteroatoms. The highest BCUT2D eigenvalue weighted by Crippen LogP contribution is 2.32. The summed E-state index contributed by atoms with van der Waals surface area (Å²) in [5.41, 5.74) is 11.1. The smallest absolute Gasteiger partial charge is 0.278 e. The van der Waals surface area contributed by atoms with Crippen LogP contribution >= 0.6 is 0 Å². The average Bonchev–Trinajstić information content (AvgIpc) is 3.32. The van der Waals surface area contributed by atoms with Gasteiger partial charge in [0.15, 0.2) is 17.3 Å². The molecule has 1 aromatic heterocycles. The average molecular weight is 563 g/mol. The molecule has 0 aliphatic carbocycles. The first-order valence-corrected chi connectivity index (χ1v) is 13.2. The molecule has 42 heavy (non-hydrogen) atoms. The number of methoxy groups -OCH3 is 1. The minimum Gasteiger partial charge on any atom is -0.493 e. The van der Waals surface area contributed by atoms with E-state index in [9.17, 15) is 9.90 Å². The zero-order valence-electron chi connectivity index (χ0n) is 22.8. The number of nitrogens with two attached hydrogens (primary N) is 1. The molecule has 1 unspecified atom stereocenters. The summed E-state index contributed by atoms with van der Waals surface area (Å²) in [7, 11) is 1.56. The van der Waals surface area contributed by atoms with Gasteiger partial charge in [0.1, 0.15) is 17.1 Å². The molecule has 1 amide bonds. The van der Waals surface area contributed by atoms with E-state index in [1.54, 1.807) is 25.3 Å². The molecule has 0 aliphatic heterocycles. The predicted molar refractivity (Wildman–Crippen MR) is 162 cm³/mol. The molecule has 0 aliphatic rings. The Morgan fingerprint density at radius 3 is 2.33 bits per heavy atom. The van der Waals surface area contributed by atoms with Gasteiger partial charge in [0.05, 0.1) is 26.0 Å². The maximum absolute atomic E-state index is 13.3. The maximum Gasteiger partial charge on any atom is 0.278 e. The fraction of sp³-hybridized carbons (Fsp3) is 0.0938. The van der Waals surface area contributed by atoms with E-state index in [4.69, 9.17) is 15.2 Å². The number of aromatic nitrogens is 2. The van der Waals surface area contributed by atoms with E-state index in [2.05, 4.69) is 20.9 Å². The Balaban J connectivity index is 1.36. The van der Waals surface area contributed by atoms with E-state index in [0.29, 0.717) is 34.1 Å². The van der Waals surface area contributed by atoms with Gasteiger partial charge in [-0.25, -0.2) is 10.1 Å². The van der Waals surface area contributed by atoms with Crippen LogP contribution in [0.3, 0.4) is 0 Å². The summed E-state index contributed by atoms with van der Waals surface area (Å²) in [6.07, 6.45) is 0.605. The van der Waals surface area contributed by atoms with E-state index in [1.165, 1.54) is 10.9 Å². The highest BCUT2D eigenvalue weighted by atomic mass is 16.5. The first kappa shape index (κ1) is 27.9. The molecule has 0 saturated heterocycles. The first-order chi connectivity index (χ1) is 20.5. The van der Waals surface area contributed by atoms with Gasteiger partial charge >= 0.3 is 0 Å². The predicted octanol–water partition coefficient (Wildman–Crippen LogP) is 5.51. The summed E-state index contributed by atoms with van der Waals surface area (Å²) in [4.78, 5) is 13.3. The lowest BCUT2D eigenvalue weighted by Crippen LogP contribution is -2.20. The van der Waals surface area contributed by atoms with Gasteiger partial charge in [-0.15, -0.1) is 0 Å². The number of carbonyl (C=O) groups excluding carboxylic acids is 1. The Kier molecular flexibility index (Phi) is 8.76. The van der Waals surface area contributed by atoms with Crippen molar-refractivity contribution < 1.29 is 19.4 Å². The summed E-state index contributed by atoms with van der Waals surface area (Å²) in [6.45, 7) is 0.0475. The van der Waals surface area contributed by atoms with Gasteiger partial charge in [-0.05, 0) is 53.6 Å². The zero-order valence-corrected chi connectivity index (χ0v) is 22.8. The number of nitrogen functional groups attached to an aromatic ring is 1. The molecule has 0 bridgehead atoms. The van der Waals surface area contributed by atoms with Crippen molar-refractivity contribution in [3.63, 3.8) is 0 Å². The van der Waals surface area contributed by atoms with Gasteiger partial charge in [0.25, 0.3) is 5.91 Å². The molecule has 0 saturated carbocycles. The molecular formula is C32H30N6O4. The molecule has 1 atom stereocenters. The van der Waals surface area contributed by atoms with Gasteiger partial charge in [0.2, 0.25) is 0 Å². The van der Waals surface area contributed by atoms with Gasteiger partial charge < -0.3 is 25.6 Å². The second-order valence-corrected chi connectivity index (χ2v) is 9.23. The SMILES string of the molecule is COc1ccc(/C=N/NC(=O)c2c(Nc3ccccc3)nn(CC(O)c3ccccc3)c2N)cc1Oc1ccccc1. The number of aliphatic hydroxyl groups is 1. The third kappa shape index (κ3) is 6.75. The Labute approximate surface area is 243 Å². The number of anilines is 3. The summed E-state index contributed by atoms with van der Waals surface area (Å²) < 4.78 is 12.8. The quantitative estimate of drug-likeness (QED) is 0.123. The number of hydrogen-bond donors (Lipinski definition) is 4. The van der Waals surface area contributed by atoms with Crippen LogP contribution in [0.15, 0.2) is 114 Å². The van der Waals surface area contributed by atoms with Gasteiger partial charge in [-0.2, -0.15) is 10.2 Å². The topological polar surface area (TPSA) is 136 Å². The first-order valence-electron chi connectivity index (χ1n) is 13.2. The van der Waals surface area contributed by atoms with Crippen molar-refractivity contribution in [2.45, 2.75) is 12.6 Å². The van der Waals surface area contributed by atoms with Crippen LogP contribution in [-0.2, 0) is 6.54 Å². The van der Waals surface area contributed by atoms with Crippen molar-refractivity contribution in [1.29, 1.82) is 0 Å². The third-order valence-corrected chi connectivity index (χ3v) is 6.32. The summed E-state index contributed by atoms with van der Waals surface area (Å²) in [5.74, 6) is 1.44. The van der Waals surface area contributed by atoms with Crippen molar-refractivity contribution >= 4 is 29.4 Å². The minimum absolute atomic E-state index is 0.0475. The lowest BCUT2D eigenvalue weighted by molar-refractivity contribution is 0.0956. The van der Waals surface area contributed by atoms with Crippen molar-refractivity contribution in [3.05, 3.63) is 126 Å². The van der Waals surface area contributed by atoms with E-state index < -0.39 is 12.0 Å². The van der Waals surface area contributed by atoms with E-state index >= 15 is 0 Å². The molecule has 1 heterocycles. The number of benzene rings is 4. The molecule has 5 N–H and O–H groups in total. The molecule has 4 aromatic carbocycles. The maximum atomic E-state index is 13.3. The van der Waals surface area contributed by atoms with Crippen LogP contribution in [0.5, 0.6) is 17.2 Å². The third-order valence-electron chi connectivity index (χ3n) is 6.32. The Hall–Kier alpha value is -5.61. The number of rotatable bonds is 11. The monoisotopic (exact) mass is 562 g/mol. The fourth-order valence-electron chi connectivity index (χ4n) is 4.22. The Morgan fingerprint density at radius 1 is 0.976 bits per heavy atom. The van der Waals surface area contributed by atoms with E-state index in [-0.39, 0.29) is 23.7 Å². The largest absolute Gasteiger partial charge is 0.493 e. The molecular weight excluding hydrogens is 532 g/mol. The summed E-state index contributed by atoms with van der Waals surface area (Å²) >= 11 is 0. The number of nitrogens with one attached hydrogen (secondary N) is 2. The minimum atomic E-state index is -0.880. The highest BCUT2D eigenvalue weighted by molar-refractivity contribution is 6.04. The molecule has 10 nitrogen and oxygen atoms in total. The summed E-state index contributed by atoms with van der Waals surface area (Å²) in [5, 5.41) is 22.6. The van der Waals surface area contributed by atoms with Crippen LogP contribution in [0, 0.1) is 0 Å². The van der Waals surface area contributed by atoms with Crippen LogP contribution in [0.25, 0.3) is 0 Å². The normalized spacial score (nSPS) is 11.7. The standard InChI is InChI=1S/C32H30N6O4/c1-41-27-18-17-22(19-28(27)42-25-15-9-4-10-16-25)20-34-36-32(40)29-30(33)38(21-26(39)23-11-5-2-6-12-23)37-31(29)35-24-13-7-3-8-14-24/h2-20,26,39H,21,33H2,1H3,(H,35,37)(H,36,40)/b34-20+. The van der Waals surface area contributed by atoms with Crippen molar-refractivity contribution in [1.82, 2.24) is 15.2 Å². The van der Waals surface area contributed by atoms with E-state index in [0.717, 1.165) is 0 Å². The van der Waals surface area contributed by atoms with E-state index in [1.807, 2.05) is 91.0 Å². The second-order valence-electron chi connectivity index (χ2n) is 9.23. The number of aliphatic hydroxyl groups excluding tert-OH is 1. The number of ether oxygens (including phenoxy) is 2. The van der Waals surface area contributed by atoms with Crippen molar-refractivity contribution in [2.24, 2.45) is 5.10 Å². The van der Waals surface area contributed by atoms with Crippen LogP contribution in [0.1, 0.15) is 27.6 Å². The highest BCUT2D eigenvalue weighted by Gasteiger charge is 2.24. The lowest BCUT2D eigenvalue weighted by atomic mass is 10.1. The fourth-order valence-corrected chi connectivity index (χ4v) is 4.22. The number of carbonyl (C=O) groups is 1. The number of para-hydroxylation sites is 2. The van der Waals surface area contributed by atoms with Gasteiger partial charge in [-0.3, -0.25) is 4.79 Å². The van der Waals surface area contributed by atoms with Crippen molar-refractivity contribution in [2.75, 3.05) is 18.2 Å². The molecule has 0 spiro atoms. The lowest BCUT2D eigenvalue weighted by Gasteiger charge is -2.12. The zero-order chi connectivity index (χ0) is 29.3. The number of nitrogens with zero attached hydrogens (tertiary/aromatic N) is 3. The molecule has 5 rings (SSSR count). The van der Waals surface area contributed by atoms with Crippen LogP contribution in [-0.4, -0.2) is 34.1 Å². The summed E-state index contributed by atoms with van der Waals surface area (Å²) in [6, 6.07) is 33.1. The van der Waals surface area contributed by atoms with Gasteiger partial charge in [0, 0.05) is 5.69 Å². The van der Waals surface area contributed by atoms with Crippen molar-refractivity contribution in [3.8, 4) is 17.2 Å². The Bertz CT molecular complexity index is 1660. The van der Waals surface area contributed by atoms with Crippen LogP contribution in [0.2, 0.25) is 0 Å². The van der Waals surface area contributed by atoms with Crippen LogP contribution < -0.4 is 25.9 Å².